The van der Waals surface area contributed by atoms with E-state index in [-0.39, 0.29) is 0 Å². The molecule has 1 heterocycles. The van der Waals surface area contributed by atoms with Crippen LogP contribution in [0.1, 0.15) is 22.3 Å². The molecular weight excluding hydrogens is 721 g/mol. The zero-order valence-electron chi connectivity index (χ0n) is 31.6. The molecule has 1 unspecified atom stereocenters. The summed E-state index contributed by atoms with van der Waals surface area (Å²) in [5, 5.41) is 2.60. The van der Waals surface area contributed by atoms with E-state index in [1.54, 1.807) is 0 Å². The van der Waals surface area contributed by atoms with E-state index >= 15 is 0 Å². The summed E-state index contributed by atoms with van der Waals surface area (Å²) in [6.07, 6.45) is 0. The van der Waals surface area contributed by atoms with E-state index in [4.69, 9.17) is 0 Å². The van der Waals surface area contributed by atoms with Crippen molar-refractivity contribution in [3.63, 3.8) is 0 Å². The van der Waals surface area contributed by atoms with Crippen LogP contribution in [0.15, 0.2) is 218 Å². The topological polar surface area (TPSA) is 6.48 Å². The lowest BCUT2D eigenvalue weighted by molar-refractivity contribution is 0.793. The predicted molar refractivity (Wildman–Crippen MR) is 245 cm³/mol. The Labute approximate surface area is 342 Å². The fourth-order valence-corrected chi connectivity index (χ4v) is 11.0. The van der Waals surface area contributed by atoms with E-state index in [9.17, 15) is 0 Å². The van der Waals surface area contributed by atoms with Crippen LogP contribution in [0.25, 0.3) is 42.4 Å². The summed E-state index contributed by atoms with van der Waals surface area (Å²) in [5.41, 5.74) is 16.7. The minimum atomic E-state index is -0.489. The van der Waals surface area contributed by atoms with Crippen molar-refractivity contribution in [2.75, 3.05) is 9.80 Å². The Hall–Kier alpha value is -7.20. The van der Waals surface area contributed by atoms with E-state index in [1.807, 2.05) is 11.3 Å². The third kappa shape index (κ3) is 4.78. The third-order valence-corrected chi connectivity index (χ3v) is 13.4. The SMILES string of the molecule is c1ccc(N(c2ccccc2)c2ccc3c(c2)C2(c4ccccc4-c4cc(N(c5ccccc5)c5ccc6sc7ccccc7c6c5)ccc42)c2ccccc2-3)cc1. The second kappa shape index (κ2) is 12.9. The first-order valence-corrected chi connectivity index (χ1v) is 20.7. The maximum absolute atomic E-state index is 2.46. The first-order valence-electron chi connectivity index (χ1n) is 19.9. The van der Waals surface area contributed by atoms with Crippen molar-refractivity contribution in [1.29, 1.82) is 0 Å². The van der Waals surface area contributed by atoms with Gasteiger partial charge in [-0.3, -0.25) is 0 Å². The molecule has 272 valence electrons. The van der Waals surface area contributed by atoms with Gasteiger partial charge in [0.15, 0.2) is 0 Å². The average molecular weight is 757 g/mol. The maximum atomic E-state index is 2.46. The van der Waals surface area contributed by atoms with Gasteiger partial charge in [-0.05, 0) is 129 Å². The first kappa shape index (κ1) is 33.0. The summed E-state index contributed by atoms with van der Waals surface area (Å²) in [6.45, 7) is 0. The van der Waals surface area contributed by atoms with Crippen LogP contribution in [-0.2, 0) is 5.41 Å². The Balaban J connectivity index is 1.09. The highest BCUT2D eigenvalue weighted by molar-refractivity contribution is 7.25. The van der Waals surface area contributed by atoms with Gasteiger partial charge >= 0.3 is 0 Å². The molecule has 10 aromatic rings. The highest BCUT2D eigenvalue weighted by Gasteiger charge is 2.52. The fourth-order valence-electron chi connectivity index (χ4n) is 9.88. The zero-order chi connectivity index (χ0) is 38.2. The molecule has 1 aromatic heterocycles. The van der Waals surface area contributed by atoms with Gasteiger partial charge in [0.25, 0.3) is 0 Å². The standard InChI is InChI=1S/C55H36N2S/c1-4-16-37(17-5-1)56(38-18-6-2-7-19-38)42-28-31-45-43-22-10-13-25-49(43)55(52(45)36-42)50-26-14-11-23-44(50)47-34-40(29-32-51(47)55)57(39-20-8-3-9-21-39)41-30-33-54-48(35-41)46-24-12-15-27-53(46)58-54/h1-36H. The second-order valence-electron chi connectivity index (χ2n) is 15.3. The number of thiophene rings is 1. The monoisotopic (exact) mass is 756 g/mol. The Morgan fingerprint density at radius 2 is 0.724 bits per heavy atom. The number of fused-ring (bicyclic) bond motifs is 13. The van der Waals surface area contributed by atoms with Crippen molar-refractivity contribution in [3.8, 4) is 22.3 Å². The highest BCUT2D eigenvalue weighted by Crippen LogP contribution is 2.64. The van der Waals surface area contributed by atoms with Gasteiger partial charge in [-0.1, -0.05) is 133 Å². The van der Waals surface area contributed by atoms with E-state index in [1.165, 1.54) is 64.7 Å². The molecule has 58 heavy (non-hydrogen) atoms. The molecule has 0 radical (unpaired) electrons. The molecule has 0 fully saturated rings. The molecule has 9 aromatic carbocycles. The van der Waals surface area contributed by atoms with Crippen LogP contribution in [-0.4, -0.2) is 0 Å². The lowest BCUT2D eigenvalue weighted by Crippen LogP contribution is -2.26. The summed E-state index contributed by atoms with van der Waals surface area (Å²) >= 11 is 1.86. The second-order valence-corrected chi connectivity index (χ2v) is 16.3. The molecule has 0 saturated heterocycles. The quantitative estimate of drug-likeness (QED) is 0.167. The van der Waals surface area contributed by atoms with Gasteiger partial charge in [0.2, 0.25) is 0 Å². The largest absolute Gasteiger partial charge is 0.310 e. The third-order valence-electron chi connectivity index (χ3n) is 12.2. The van der Waals surface area contributed by atoms with Gasteiger partial charge in [-0.15, -0.1) is 11.3 Å². The Kier molecular flexibility index (Phi) is 7.35. The molecule has 2 aliphatic rings. The molecule has 2 nitrogen and oxygen atoms in total. The van der Waals surface area contributed by atoms with Crippen LogP contribution >= 0.6 is 11.3 Å². The summed E-state index contributed by atoms with van der Waals surface area (Å²) in [7, 11) is 0. The molecule has 1 spiro atoms. The number of benzene rings is 9. The molecule has 0 N–H and O–H groups in total. The van der Waals surface area contributed by atoms with Crippen LogP contribution in [0.5, 0.6) is 0 Å². The van der Waals surface area contributed by atoms with Gasteiger partial charge in [0.1, 0.15) is 0 Å². The molecule has 12 rings (SSSR count). The van der Waals surface area contributed by atoms with Crippen LogP contribution in [0, 0.1) is 0 Å². The van der Waals surface area contributed by atoms with Gasteiger partial charge in [-0.2, -0.15) is 0 Å². The summed E-state index contributed by atoms with van der Waals surface area (Å²) in [4.78, 5) is 4.80. The number of rotatable bonds is 6. The van der Waals surface area contributed by atoms with Crippen molar-refractivity contribution < 1.29 is 0 Å². The number of anilines is 6. The van der Waals surface area contributed by atoms with E-state index in [2.05, 4.69) is 228 Å². The predicted octanol–water partition coefficient (Wildman–Crippen LogP) is 15.3. The van der Waals surface area contributed by atoms with E-state index in [0.717, 1.165) is 34.1 Å². The molecular formula is C55H36N2S. The summed E-state index contributed by atoms with van der Waals surface area (Å²) in [5.74, 6) is 0. The fraction of sp³-hybridized carbons (Fsp3) is 0.0182. The van der Waals surface area contributed by atoms with Crippen LogP contribution < -0.4 is 9.80 Å². The van der Waals surface area contributed by atoms with Crippen LogP contribution in [0.4, 0.5) is 34.1 Å². The van der Waals surface area contributed by atoms with Crippen molar-refractivity contribution in [3.05, 3.63) is 241 Å². The van der Waals surface area contributed by atoms with Gasteiger partial charge in [-0.25, -0.2) is 0 Å². The van der Waals surface area contributed by atoms with Crippen LogP contribution in [0.2, 0.25) is 0 Å². The van der Waals surface area contributed by atoms with Crippen molar-refractivity contribution in [2.24, 2.45) is 0 Å². The number of hydrogen-bond donors (Lipinski definition) is 0. The Morgan fingerprint density at radius 3 is 1.40 bits per heavy atom. The Bertz CT molecular complexity index is 3150. The van der Waals surface area contributed by atoms with Crippen molar-refractivity contribution in [1.82, 2.24) is 0 Å². The Morgan fingerprint density at radius 1 is 0.276 bits per heavy atom. The number of hydrogen-bond acceptors (Lipinski definition) is 3. The van der Waals surface area contributed by atoms with Crippen molar-refractivity contribution >= 4 is 65.6 Å². The van der Waals surface area contributed by atoms with E-state index in [0.29, 0.717) is 0 Å². The minimum absolute atomic E-state index is 0.489. The number of para-hydroxylation sites is 3. The maximum Gasteiger partial charge on any atom is 0.0726 e. The lowest BCUT2D eigenvalue weighted by atomic mass is 9.70. The smallest absolute Gasteiger partial charge is 0.0726 e. The molecule has 0 amide bonds. The van der Waals surface area contributed by atoms with Crippen molar-refractivity contribution in [2.45, 2.75) is 5.41 Å². The molecule has 1 atom stereocenters. The molecule has 0 aliphatic heterocycles. The summed E-state index contributed by atoms with van der Waals surface area (Å²) in [6, 6.07) is 80.5. The van der Waals surface area contributed by atoms with Gasteiger partial charge in [0.05, 0.1) is 5.41 Å². The number of nitrogens with zero attached hydrogens (tertiary/aromatic N) is 2. The molecule has 0 saturated carbocycles. The average Bonchev–Trinajstić information content (AvgIpc) is 3.91. The molecule has 2 aliphatic carbocycles. The lowest BCUT2D eigenvalue weighted by Gasteiger charge is -2.32. The summed E-state index contributed by atoms with van der Waals surface area (Å²) < 4.78 is 2.62. The van der Waals surface area contributed by atoms with Gasteiger partial charge in [0, 0.05) is 54.3 Å². The highest BCUT2D eigenvalue weighted by atomic mass is 32.1. The molecule has 3 heteroatoms. The first-order chi connectivity index (χ1) is 28.8. The van der Waals surface area contributed by atoms with Crippen LogP contribution in [0.3, 0.4) is 0 Å². The zero-order valence-corrected chi connectivity index (χ0v) is 32.4. The minimum Gasteiger partial charge on any atom is -0.310 e. The van der Waals surface area contributed by atoms with Gasteiger partial charge < -0.3 is 9.80 Å². The van der Waals surface area contributed by atoms with E-state index < -0.39 is 5.41 Å². The normalized spacial score (nSPS) is 14.6. The molecule has 0 bridgehead atoms.